The summed E-state index contributed by atoms with van der Waals surface area (Å²) in [4.78, 5) is 26.7. The molecule has 0 saturated heterocycles. The standard InChI is InChI=1S/C22H26ClFN2O3/c1-3-4-13-25-22(28)16(2)26(14-17-9-5-7-11-19(17)24)21(27)15-29-20-12-8-6-10-18(20)23/h5-12,16H,3-4,13-15H2,1-2H3,(H,25,28). The molecule has 0 aliphatic rings. The van der Waals surface area contributed by atoms with E-state index in [-0.39, 0.29) is 19.1 Å². The van der Waals surface area contributed by atoms with Crippen LogP contribution in [0.2, 0.25) is 5.02 Å². The maximum absolute atomic E-state index is 14.1. The molecule has 0 saturated carbocycles. The van der Waals surface area contributed by atoms with Gasteiger partial charge in [0.1, 0.15) is 17.6 Å². The number of halogens is 2. The smallest absolute Gasteiger partial charge is 0.261 e. The normalized spacial score (nSPS) is 11.6. The van der Waals surface area contributed by atoms with Gasteiger partial charge in [-0.25, -0.2) is 4.39 Å². The van der Waals surface area contributed by atoms with Crippen molar-refractivity contribution in [2.24, 2.45) is 0 Å². The molecule has 1 N–H and O–H groups in total. The third kappa shape index (κ3) is 6.75. The van der Waals surface area contributed by atoms with E-state index >= 15 is 0 Å². The first-order chi connectivity index (χ1) is 13.9. The molecule has 0 heterocycles. The Bertz CT molecular complexity index is 831. The van der Waals surface area contributed by atoms with E-state index in [1.165, 1.54) is 11.0 Å². The Hall–Kier alpha value is -2.60. The molecule has 0 aromatic heterocycles. The Labute approximate surface area is 175 Å². The van der Waals surface area contributed by atoms with Crippen LogP contribution in [-0.4, -0.2) is 35.9 Å². The first-order valence-electron chi connectivity index (χ1n) is 9.62. The molecule has 0 fully saturated rings. The van der Waals surface area contributed by atoms with Crippen LogP contribution in [0, 0.1) is 5.82 Å². The van der Waals surface area contributed by atoms with Crippen LogP contribution < -0.4 is 10.1 Å². The number of rotatable bonds is 10. The fraction of sp³-hybridized carbons (Fsp3) is 0.364. The average molecular weight is 421 g/mol. The second kappa shape index (κ2) is 11.4. The topological polar surface area (TPSA) is 58.6 Å². The minimum Gasteiger partial charge on any atom is -0.482 e. The van der Waals surface area contributed by atoms with Gasteiger partial charge >= 0.3 is 0 Å². The van der Waals surface area contributed by atoms with Crippen LogP contribution in [-0.2, 0) is 16.1 Å². The van der Waals surface area contributed by atoms with Gasteiger partial charge in [0.05, 0.1) is 5.02 Å². The summed E-state index contributed by atoms with van der Waals surface area (Å²) in [5, 5.41) is 3.19. The number of carbonyl (C=O) groups is 2. The third-order valence-electron chi connectivity index (χ3n) is 4.48. The van der Waals surface area contributed by atoms with Gasteiger partial charge in [0, 0.05) is 18.7 Å². The molecule has 156 valence electrons. The van der Waals surface area contributed by atoms with Crippen LogP contribution in [0.15, 0.2) is 48.5 Å². The molecule has 2 aromatic carbocycles. The number of unbranched alkanes of at least 4 members (excludes halogenated alkanes) is 1. The monoisotopic (exact) mass is 420 g/mol. The van der Waals surface area contributed by atoms with Crippen molar-refractivity contribution in [1.29, 1.82) is 0 Å². The highest BCUT2D eigenvalue weighted by Gasteiger charge is 2.27. The van der Waals surface area contributed by atoms with Crippen molar-refractivity contribution in [2.45, 2.75) is 39.3 Å². The lowest BCUT2D eigenvalue weighted by molar-refractivity contribution is -0.142. The lowest BCUT2D eigenvalue weighted by Crippen LogP contribution is -2.49. The Kier molecular flexibility index (Phi) is 8.93. The molecule has 2 aromatic rings. The van der Waals surface area contributed by atoms with E-state index in [0.717, 1.165) is 12.8 Å². The molecule has 0 bridgehead atoms. The molecule has 29 heavy (non-hydrogen) atoms. The van der Waals surface area contributed by atoms with Crippen LogP contribution in [0.3, 0.4) is 0 Å². The van der Waals surface area contributed by atoms with Gasteiger partial charge in [-0.3, -0.25) is 9.59 Å². The van der Waals surface area contributed by atoms with Crippen LogP contribution >= 0.6 is 11.6 Å². The van der Waals surface area contributed by atoms with Crippen LogP contribution in [0.5, 0.6) is 5.75 Å². The molecule has 0 aliphatic heterocycles. The summed E-state index contributed by atoms with van der Waals surface area (Å²) in [6, 6.07) is 12.2. The van der Waals surface area contributed by atoms with E-state index in [1.807, 2.05) is 6.92 Å². The fourth-order valence-corrected chi connectivity index (χ4v) is 2.90. The number of nitrogens with one attached hydrogen (secondary N) is 1. The number of amides is 2. The van der Waals surface area contributed by atoms with Gasteiger partial charge < -0.3 is 15.0 Å². The van der Waals surface area contributed by atoms with Crippen LogP contribution in [0.25, 0.3) is 0 Å². The Morgan fingerprint density at radius 2 is 1.86 bits per heavy atom. The molecule has 0 radical (unpaired) electrons. The molecule has 2 rings (SSSR count). The molecule has 1 atom stereocenters. The summed E-state index contributed by atoms with van der Waals surface area (Å²) in [6.45, 7) is 3.81. The molecule has 2 amide bonds. The van der Waals surface area contributed by atoms with Gasteiger partial charge in [0.15, 0.2) is 6.61 Å². The number of hydrogen-bond donors (Lipinski definition) is 1. The first kappa shape index (κ1) is 22.7. The summed E-state index contributed by atoms with van der Waals surface area (Å²) in [6.07, 6.45) is 1.79. The highest BCUT2D eigenvalue weighted by atomic mass is 35.5. The minimum atomic E-state index is -0.784. The lowest BCUT2D eigenvalue weighted by Gasteiger charge is -2.29. The maximum atomic E-state index is 14.1. The van der Waals surface area contributed by atoms with Gasteiger partial charge in [-0.2, -0.15) is 0 Å². The number of carbonyl (C=O) groups excluding carboxylic acids is 2. The highest BCUT2D eigenvalue weighted by molar-refractivity contribution is 6.32. The third-order valence-corrected chi connectivity index (χ3v) is 4.80. The summed E-state index contributed by atoms with van der Waals surface area (Å²) >= 11 is 6.06. The van der Waals surface area contributed by atoms with Gasteiger partial charge in [-0.05, 0) is 31.5 Å². The first-order valence-corrected chi connectivity index (χ1v) is 9.99. The quantitative estimate of drug-likeness (QED) is 0.586. The van der Waals surface area contributed by atoms with Crippen molar-refractivity contribution < 1.29 is 18.7 Å². The van der Waals surface area contributed by atoms with Crippen molar-refractivity contribution in [1.82, 2.24) is 10.2 Å². The molecule has 0 aliphatic carbocycles. The van der Waals surface area contributed by atoms with Crippen molar-refractivity contribution in [3.8, 4) is 5.75 Å². The largest absolute Gasteiger partial charge is 0.482 e. The van der Waals surface area contributed by atoms with Crippen molar-refractivity contribution in [3.63, 3.8) is 0 Å². The number of hydrogen-bond acceptors (Lipinski definition) is 3. The Morgan fingerprint density at radius 3 is 2.55 bits per heavy atom. The zero-order chi connectivity index (χ0) is 21.2. The summed E-state index contributed by atoms with van der Waals surface area (Å²) < 4.78 is 19.7. The molecular formula is C22H26ClFN2O3. The maximum Gasteiger partial charge on any atom is 0.261 e. The summed E-state index contributed by atoms with van der Waals surface area (Å²) in [7, 11) is 0. The van der Waals surface area contributed by atoms with Gasteiger partial charge in [0.2, 0.25) is 5.91 Å². The predicted molar refractivity (Wildman–Crippen MR) is 111 cm³/mol. The zero-order valence-electron chi connectivity index (χ0n) is 16.7. The summed E-state index contributed by atoms with van der Waals surface area (Å²) in [5.74, 6) is -0.795. The summed E-state index contributed by atoms with van der Waals surface area (Å²) in [5.41, 5.74) is 0.326. The average Bonchev–Trinajstić information content (AvgIpc) is 2.72. The SMILES string of the molecule is CCCCNC(=O)C(C)N(Cc1ccccc1F)C(=O)COc1ccccc1Cl. The predicted octanol–water partition coefficient (Wildman–Crippen LogP) is 4.19. The van der Waals surface area contributed by atoms with E-state index in [9.17, 15) is 14.0 Å². The molecule has 7 heteroatoms. The van der Waals surface area contributed by atoms with Crippen LogP contribution in [0.4, 0.5) is 4.39 Å². The van der Waals surface area contributed by atoms with E-state index in [2.05, 4.69) is 5.32 Å². The highest BCUT2D eigenvalue weighted by Crippen LogP contribution is 2.23. The van der Waals surface area contributed by atoms with E-state index in [1.54, 1.807) is 49.4 Å². The minimum absolute atomic E-state index is 0.0419. The Morgan fingerprint density at radius 1 is 1.17 bits per heavy atom. The molecular weight excluding hydrogens is 395 g/mol. The second-order valence-electron chi connectivity index (χ2n) is 6.65. The lowest BCUT2D eigenvalue weighted by atomic mass is 10.1. The van der Waals surface area contributed by atoms with Crippen molar-refractivity contribution in [3.05, 3.63) is 64.9 Å². The van der Waals surface area contributed by atoms with Gasteiger partial charge in [0.25, 0.3) is 5.91 Å². The number of nitrogens with zero attached hydrogens (tertiary/aromatic N) is 1. The molecule has 5 nitrogen and oxygen atoms in total. The van der Waals surface area contributed by atoms with Gasteiger partial charge in [-0.1, -0.05) is 55.3 Å². The van der Waals surface area contributed by atoms with E-state index in [4.69, 9.17) is 16.3 Å². The number of benzene rings is 2. The van der Waals surface area contributed by atoms with Crippen molar-refractivity contribution >= 4 is 23.4 Å². The van der Waals surface area contributed by atoms with E-state index in [0.29, 0.717) is 22.9 Å². The number of para-hydroxylation sites is 1. The fourth-order valence-electron chi connectivity index (χ4n) is 2.71. The van der Waals surface area contributed by atoms with Crippen molar-refractivity contribution in [2.75, 3.05) is 13.2 Å². The second-order valence-corrected chi connectivity index (χ2v) is 7.06. The zero-order valence-corrected chi connectivity index (χ0v) is 17.4. The van der Waals surface area contributed by atoms with Crippen LogP contribution in [0.1, 0.15) is 32.3 Å². The van der Waals surface area contributed by atoms with Gasteiger partial charge in [-0.15, -0.1) is 0 Å². The number of ether oxygens (including phenoxy) is 1. The molecule has 1 unspecified atom stereocenters. The molecule has 0 spiro atoms. The van der Waals surface area contributed by atoms with E-state index < -0.39 is 17.8 Å². The Balaban J connectivity index is 2.14.